The van der Waals surface area contributed by atoms with Crippen LogP contribution < -0.4 is 19.9 Å². The molecule has 0 spiro atoms. The normalized spacial score (nSPS) is 13.5. The van der Waals surface area contributed by atoms with E-state index in [4.69, 9.17) is 4.74 Å². The molecule has 1 N–H and O–H groups in total. The molecule has 3 aromatic rings. The smallest absolute Gasteiger partial charge is 0.282 e. The minimum Gasteiger partial charge on any atom is -0.497 e. The highest BCUT2D eigenvalue weighted by atomic mass is 16.5. The fourth-order valence-corrected chi connectivity index (χ4v) is 3.78. The first-order chi connectivity index (χ1) is 15.8. The zero-order chi connectivity index (χ0) is 23.7. The molecule has 6 heteroatoms. The number of nitrogens with zero attached hydrogens (tertiary/aromatic N) is 2. The van der Waals surface area contributed by atoms with E-state index >= 15 is 0 Å². The highest BCUT2D eigenvalue weighted by Crippen LogP contribution is 2.35. The summed E-state index contributed by atoms with van der Waals surface area (Å²) in [6.07, 6.45) is 0. The molecule has 0 atom stereocenters. The number of carbonyl (C=O) groups is 2. The molecule has 1 aliphatic heterocycles. The van der Waals surface area contributed by atoms with Gasteiger partial charge in [-0.1, -0.05) is 24.3 Å². The second-order valence-corrected chi connectivity index (χ2v) is 8.26. The number of hydrogen-bond donors (Lipinski definition) is 1. The van der Waals surface area contributed by atoms with E-state index in [0.717, 1.165) is 22.5 Å². The summed E-state index contributed by atoms with van der Waals surface area (Å²) in [5, 5.41) is 3.23. The van der Waals surface area contributed by atoms with Crippen molar-refractivity contribution < 1.29 is 14.3 Å². The summed E-state index contributed by atoms with van der Waals surface area (Å²) in [5.41, 5.74) is 5.66. The van der Waals surface area contributed by atoms with Gasteiger partial charge in [0.2, 0.25) is 0 Å². The molecule has 0 bridgehead atoms. The largest absolute Gasteiger partial charge is 0.497 e. The Balaban J connectivity index is 1.81. The van der Waals surface area contributed by atoms with Crippen LogP contribution in [-0.2, 0) is 9.59 Å². The molecule has 0 saturated heterocycles. The van der Waals surface area contributed by atoms with Crippen LogP contribution in [0, 0.1) is 13.8 Å². The lowest BCUT2D eigenvalue weighted by Crippen LogP contribution is -2.32. The van der Waals surface area contributed by atoms with Gasteiger partial charge in [-0.25, -0.2) is 4.90 Å². The Morgan fingerprint density at radius 3 is 2.21 bits per heavy atom. The SMILES string of the molecule is COc1ccc(C2=C(Nc3ccc(C)c(C)c3)C(=O)N(c3cccc(N(C)C)c3)C2=O)cc1. The minimum absolute atomic E-state index is 0.253. The molecule has 0 unspecified atom stereocenters. The van der Waals surface area contributed by atoms with Gasteiger partial charge >= 0.3 is 0 Å². The Morgan fingerprint density at radius 2 is 1.58 bits per heavy atom. The number of anilines is 3. The Kier molecular flexibility index (Phi) is 5.92. The van der Waals surface area contributed by atoms with E-state index in [9.17, 15) is 9.59 Å². The van der Waals surface area contributed by atoms with E-state index in [0.29, 0.717) is 22.6 Å². The van der Waals surface area contributed by atoms with Crippen LogP contribution in [-0.4, -0.2) is 33.0 Å². The van der Waals surface area contributed by atoms with E-state index in [2.05, 4.69) is 5.32 Å². The summed E-state index contributed by atoms with van der Waals surface area (Å²) in [6, 6.07) is 20.4. The molecular weight excluding hydrogens is 414 g/mol. The fourth-order valence-electron chi connectivity index (χ4n) is 3.78. The minimum atomic E-state index is -0.389. The van der Waals surface area contributed by atoms with E-state index in [1.54, 1.807) is 37.4 Å². The molecule has 1 heterocycles. The Labute approximate surface area is 194 Å². The number of rotatable bonds is 6. The molecule has 0 saturated carbocycles. The summed E-state index contributed by atoms with van der Waals surface area (Å²) in [5.74, 6) is -0.0808. The van der Waals surface area contributed by atoms with Gasteiger partial charge < -0.3 is 15.0 Å². The van der Waals surface area contributed by atoms with E-state index in [1.807, 2.05) is 69.2 Å². The predicted octanol–water partition coefficient (Wildman–Crippen LogP) is 4.77. The number of amides is 2. The molecule has 6 nitrogen and oxygen atoms in total. The summed E-state index contributed by atoms with van der Waals surface area (Å²) in [6.45, 7) is 4.05. The van der Waals surface area contributed by atoms with Gasteiger partial charge in [0.25, 0.3) is 11.8 Å². The van der Waals surface area contributed by atoms with Crippen LogP contribution in [0.5, 0.6) is 5.75 Å². The van der Waals surface area contributed by atoms with Crippen molar-refractivity contribution in [3.05, 3.63) is 89.1 Å². The number of methoxy groups -OCH3 is 1. The number of hydrogen-bond acceptors (Lipinski definition) is 5. The highest BCUT2D eigenvalue weighted by Gasteiger charge is 2.40. The van der Waals surface area contributed by atoms with Gasteiger partial charge in [-0.3, -0.25) is 9.59 Å². The monoisotopic (exact) mass is 441 g/mol. The molecule has 0 aliphatic carbocycles. The van der Waals surface area contributed by atoms with Crippen LogP contribution in [0.2, 0.25) is 0 Å². The maximum absolute atomic E-state index is 13.6. The number of benzene rings is 3. The lowest BCUT2D eigenvalue weighted by Gasteiger charge is -2.19. The second-order valence-electron chi connectivity index (χ2n) is 8.26. The molecule has 0 aromatic heterocycles. The maximum Gasteiger partial charge on any atom is 0.282 e. The number of aryl methyl sites for hydroxylation is 2. The third-order valence-electron chi connectivity index (χ3n) is 5.84. The highest BCUT2D eigenvalue weighted by molar-refractivity contribution is 6.46. The summed E-state index contributed by atoms with van der Waals surface area (Å²) in [4.78, 5) is 30.4. The van der Waals surface area contributed by atoms with Crippen molar-refractivity contribution in [1.82, 2.24) is 0 Å². The molecule has 2 amide bonds. The number of carbonyl (C=O) groups excluding carboxylic acids is 2. The van der Waals surface area contributed by atoms with Crippen molar-refractivity contribution in [2.75, 3.05) is 36.3 Å². The summed E-state index contributed by atoms with van der Waals surface area (Å²) < 4.78 is 5.25. The first-order valence-corrected chi connectivity index (χ1v) is 10.7. The second kappa shape index (κ2) is 8.82. The predicted molar refractivity (Wildman–Crippen MR) is 133 cm³/mol. The van der Waals surface area contributed by atoms with Crippen LogP contribution in [0.4, 0.5) is 17.1 Å². The quantitative estimate of drug-likeness (QED) is 0.558. The third-order valence-corrected chi connectivity index (χ3v) is 5.84. The van der Waals surface area contributed by atoms with Gasteiger partial charge in [-0.2, -0.15) is 0 Å². The van der Waals surface area contributed by atoms with Crippen LogP contribution in [0.3, 0.4) is 0 Å². The fraction of sp³-hybridized carbons (Fsp3) is 0.185. The Hall–Kier alpha value is -4.06. The van der Waals surface area contributed by atoms with Gasteiger partial charge in [-0.05, 0) is 73.0 Å². The van der Waals surface area contributed by atoms with Crippen molar-refractivity contribution in [3.63, 3.8) is 0 Å². The van der Waals surface area contributed by atoms with Crippen LogP contribution in [0.25, 0.3) is 5.57 Å². The molecule has 168 valence electrons. The standard InChI is InChI=1S/C27H27N3O3/c1-17-9-12-20(15-18(17)2)28-25-24(19-10-13-23(33-5)14-11-19)26(31)30(27(25)32)22-8-6-7-21(16-22)29(3)4/h6-16,28H,1-5H3. The maximum atomic E-state index is 13.6. The summed E-state index contributed by atoms with van der Waals surface area (Å²) in [7, 11) is 5.42. The van der Waals surface area contributed by atoms with Gasteiger partial charge in [0.05, 0.1) is 18.4 Å². The zero-order valence-electron chi connectivity index (χ0n) is 19.5. The number of imide groups is 1. The molecule has 0 fully saturated rings. The number of nitrogens with one attached hydrogen (secondary N) is 1. The van der Waals surface area contributed by atoms with Gasteiger partial charge in [-0.15, -0.1) is 0 Å². The summed E-state index contributed by atoms with van der Waals surface area (Å²) >= 11 is 0. The van der Waals surface area contributed by atoms with Crippen LogP contribution in [0.1, 0.15) is 16.7 Å². The van der Waals surface area contributed by atoms with Crippen molar-refractivity contribution in [2.24, 2.45) is 0 Å². The molecule has 3 aromatic carbocycles. The van der Waals surface area contributed by atoms with Gasteiger partial charge in [0.15, 0.2) is 0 Å². The van der Waals surface area contributed by atoms with E-state index < -0.39 is 0 Å². The molecule has 0 radical (unpaired) electrons. The topological polar surface area (TPSA) is 61.9 Å². The lowest BCUT2D eigenvalue weighted by molar-refractivity contribution is -0.120. The molecule has 33 heavy (non-hydrogen) atoms. The van der Waals surface area contributed by atoms with Crippen molar-refractivity contribution in [3.8, 4) is 5.75 Å². The first kappa shape index (κ1) is 22.1. The van der Waals surface area contributed by atoms with Gasteiger partial charge in [0, 0.05) is 25.5 Å². The lowest BCUT2D eigenvalue weighted by atomic mass is 10.0. The van der Waals surface area contributed by atoms with E-state index in [-0.39, 0.29) is 17.5 Å². The van der Waals surface area contributed by atoms with Crippen molar-refractivity contribution in [2.45, 2.75) is 13.8 Å². The molecular formula is C27H27N3O3. The zero-order valence-corrected chi connectivity index (χ0v) is 19.5. The van der Waals surface area contributed by atoms with Gasteiger partial charge in [0.1, 0.15) is 11.4 Å². The average Bonchev–Trinajstić information content (AvgIpc) is 3.05. The number of ether oxygens (including phenoxy) is 1. The van der Waals surface area contributed by atoms with Crippen LogP contribution >= 0.6 is 0 Å². The van der Waals surface area contributed by atoms with E-state index in [1.165, 1.54) is 4.90 Å². The average molecular weight is 442 g/mol. The van der Waals surface area contributed by atoms with Crippen molar-refractivity contribution >= 4 is 34.4 Å². The molecule has 1 aliphatic rings. The Bertz CT molecular complexity index is 1260. The van der Waals surface area contributed by atoms with Crippen molar-refractivity contribution in [1.29, 1.82) is 0 Å². The first-order valence-electron chi connectivity index (χ1n) is 10.7. The van der Waals surface area contributed by atoms with Crippen LogP contribution in [0.15, 0.2) is 72.4 Å². The third kappa shape index (κ3) is 4.20. The molecule has 4 rings (SSSR count). The Morgan fingerprint density at radius 1 is 0.848 bits per heavy atom.